The number of imidazole rings is 1. The minimum Gasteiger partial charge on any atom is -0.305 e. The Hall–Kier alpha value is -2.69. The first-order valence-electron chi connectivity index (χ1n) is 5.90. The lowest BCUT2D eigenvalue weighted by Gasteiger charge is -2.04. The summed E-state index contributed by atoms with van der Waals surface area (Å²) in [5, 5.41) is 2.76. The molecular formula is C14H12N4O. The van der Waals surface area contributed by atoms with E-state index in [1.165, 1.54) is 0 Å². The minimum absolute atomic E-state index is 0.177. The summed E-state index contributed by atoms with van der Waals surface area (Å²) in [4.78, 5) is 20.4. The summed E-state index contributed by atoms with van der Waals surface area (Å²) in [5.41, 5.74) is 2.27. The molecule has 0 aliphatic carbocycles. The normalized spacial score (nSPS) is 10.6. The summed E-state index contributed by atoms with van der Waals surface area (Å²) in [6.45, 7) is 1.91. The van der Waals surface area contributed by atoms with E-state index in [4.69, 9.17) is 0 Å². The Balaban J connectivity index is 1.87. The lowest BCUT2D eigenvalue weighted by atomic mass is 10.2. The predicted octanol–water partition coefficient (Wildman–Crippen LogP) is 2.29. The smallest absolute Gasteiger partial charge is 0.256 e. The van der Waals surface area contributed by atoms with Crippen LogP contribution in [-0.4, -0.2) is 20.3 Å². The number of aryl methyl sites for hydroxylation is 1. The molecule has 0 bridgehead atoms. The van der Waals surface area contributed by atoms with Crippen molar-refractivity contribution < 1.29 is 4.79 Å². The SMILES string of the molecule is Cc1cn2cc(NC(=O)c3ccccc3)ncc2n1. The highest BCUT2D eigenvalue weighted by Gasteiger charge is 2.07. The molecule has 0 aliphatic heterocycles. The fourth-order valence-corrected chi connectivity index (χ4v) is 1.87. The molecule has 1 N–H and O–H groups in total. The van der Waals surface area contributed by atoms with E-state index in [1.807, 2.05) is 35.7 Å². The summed E-state index contributed by atoms with van der Waals surface area (Å²) in [5.74, 6) is 0.322. The van der Waals surface area contributed by atoms with E-state index in [-0.39, 0.29) is 5.91 Å². The molecule has 5 nitrogen and oxygen atoms in total. The van der Waals surface area contributed by atoms with Crippen LogP contribution >= 0.6 is 0 Å². The molecule has 0 unspecified atom stereocenters. The molecule has 0 saturated carbocycles. The quantitative estimate of drug-likeness (QED) is 0.761. The van der Waals surface area contributed by atoms with Crippen LogP contribution in [0, 0.1) is 6.92 Å². The van der Waals surface area contributed by atoms with Crippen molar-refractivity contribution in [2.75, 3.05) is 5.32 Å². The molecule has 0 spiro atoms. The van der Waals surface area contributed by atoms with Gasteiger partial charge in [-0.3, -0.25) is 4.79 Å². The third-order valence-electron chi connectivity index (χ3n) is 2.74. The average molecular weight is 252 g/mol. The van der Waals surface area contributed by atoms with Crippen molar-refractivity contribution in [2.45, 2.75) is 6.92 Å². The van der Waals surface area contributed by atoms with Gasteiger partial charge in [-0.2, -0.15) is 0 Å². The lowest BCUT2D eigenvalue weighted by Crippen LogP contribution is -2.13. The van der Waals surface area contributed by atoms with Crippen molar-refractivity contribution in [3.8, 4) is 0 Å². The first-order valence-corrected chi connectivity index (χ1v) is 5.90. The van der Waals surface area contributed by atoms with Crippen LogP contribution in [0.25, 0.3) is 5.65 Å². The topological polar surface area (TPSA) is 59.3 Å². The number of amides is 1. The first-order chi connectivity index (χ1) is 9.22. The van der Waals surface area contributed by atoms with Crippen LogP contribution < -0.4 is 5.32 Å². The monoisotopic (exact) mass is 252 g/mol. The highest BCUT2D eigenvalue weighted by Crippen LogP contribution is 2.09. The second-order valence-electron chi connectivity index (χ2n) is 4.24. The second kappa shape index (κ2) is 4.53. The Morgan fingerprint density at radius 2 is 2.00 bits per heavy atom. The highest BCUT2D eigenvalue weighted by molar-refractivity contribution is 6.03. The van der Waals surface area contributed by atoms with Crippen LogP contribution in [0.15, 0.2) is 48.9 Å². The second-order valence-corrected chi connectivity index (χ2v) is 4.24. The number of fused-ring (bicyclic) bond motifs is 1. The summed E-state index contributed by atoms with van der Waals surface area (Å²) in [7, 11) is 0. The van der Waals surface area contributed by atoms with Crippen LogP contribution in [-0.2, 0) is 0 Å². The zero-order valence-corrected chi connectivity index (χ0v) is 10.4. The number of carbonyl (C=O) groups excluding carboxylic acids is 1. The summed E-state index contributed by atoms with van der Waals surface area (Å²) in [6.07, 6.45) is 5.26. The number of nitrogens with one attached hydrogen (secondary N) is 1. The number of rotatable bonds is 2. The maximum absolute atomic E-state index is 12.0. The number of anilines is 1. The van der Waals surface area contributed by atoms with Gasteiger partial charge in [0.25, 0.3) is 5.91 Å². The summed E-state index contributed by atoms with van der Waals surface area (Å²) < 4.78 is 1.84. The van der Waals surface area contributed by atoms with Gasteiger partial charge >= 0.3 is 0 Å². The molecule has 0 fully saturated rings. The van der Waals surface area contributed by atoms with Crippen molar-refractivity contribution in [1.29, 1.82) is 0 Å². The van der Waals surface area contributed by atoms with Crippen LogP contribution in [0.3, 0.4) is 0 Å². The first kappa shape index (κ1) is 11.4. The number of nitrogens with zero attached hydrogens (tertiary/aromatic N) is 3. The van der Waals surface area contributed by atoms with Gasteiger partial charge in [0.1, 0.15) is 5.82 Å². The Morgan fingerprint density at radius 3 is 2.79 bits per heavy atom. The Labute approximate surface area is 109 Å². The molecule has 3 rings (SSSR count). The molecular weight excluding hydrogens is 240 g/mol. The van der Waals surface area contributed by atoms with Gasteiger partial charge in [0, 0.05) is 11.8 Å². The number of aromatic nitrogens is 3. The van der Waals surface area contributed by atoms with Gasteiger partial charge in [0.15, 0.2) is 5.65 Å². The number of hydrogen-bond acceptors (Lipinski definition) is 3. The van der Waals surface area contributed by atoms with Gasteiger partial charge in [-0.25, -0.2) is 9.97 Å². The molecule has 2 heterocycles. The van der Waals surface area contributed by atoms with E-state index in [9.17, 15) is 4.79 Å². The molecule has 2 aromatic heterocycles. The summed E-state index contributed by atoms with van der Waals surface area (Å²) >= 11 is 0. The van der Waals surface area contributed by atoms with Gasteiger partial charge in [-0.15, -0.1) is 0 Å². The summed E-state index contributed by atoms with van der Waals surface area (Å²) in [6, 6.07) is 9.04. The predicted molar refractivity (Wildman–Crippen MR) is 72.1 cm³/mol. The molecule has 94 valence electrons. The zero-order chi connectivity index (χ0) is 13.2. The van der Waals surface area contributed by atoms with Crippen molar-refractivity contribution in [1.82, 2.24) is 14.4 Å². The fraction of sp³-hybridized carbons (Fsp3) is 0.0714. The van der Waals surface area contributed by atoms with Crippen LogP contribution in [0.5, 0.6) is 0 Å². The molecule has 0 saturated heterocycles. The fourth-order valence-electron chi connectivity index (χ4n) is 1.87. The minimum atomic E-state index is -0.177. The standard InChI is InChI=1S/C14H12N4O/c1-10-8-18-9-12(15-7-13(18)16-10)17-14(19)11-5-3-2-4-6-11/h2-9H,1H3,(H,17,19). The third kappa shape index (κ3) is 2.30. The van der Waals surface area contributed by atoms with E-state index in [1.54, 1.807) is 24.5 Å². The number of benzene rings is 1. The highest BCUT2D eigenvalue weighted by atomic mass is 16.1. The van der Waals surface area contributed by atoms with Crippen LogP contribution in [0.4, 0.5) is 5.82 Å². The lowest BCUT2D eigenvalue weighted by molar-refractivity contribution is 0.102. The van der Waals surface area contributed by atoms with Gasteiger partial charge < -0.3 is 9.72 Å². The van der Waals surface area contributed by atoms with Gasteiger partial charge in [-0.1, -0.05) is 18.2 Å². The van der Waals surface area contributed by atoms with E-state index in [0.717, 1.165) is 11.3 Å². The maximum Gasteiger partial charge on any atom is 0.256 e. The molecule has 3 aromatic rings. The molecule has 19 heavy (non-hydrogen) atoms. The molecule has 0 aliphatic rings. The van der Waals surface area contributed by atoms with E-state index in [0.29, 0.717) is 11.4 Å². The number of hydrogen-bond donors (Lipinski definition) is 1. The van der Waals surface area contributed by atoms with Crippen molar-refractivity contribution in [3.63, 3.8) is 0 Å². The van der Waals surface area contributed by atoms with E-state index >= 15 is 0 Å². The Kier molecular flexibility index (Phi) is 2.72. The molecule has 0 radical (unpaired) electrons. The van der Waals surface area contributed by atoms with Gasteiger partial charge in [0.05, 0.1) is 18.1 Å². The molecule has 5 heteroatoms. The van der Waals surface area contributed by atoms with E-state index < -0.39 is 0 Å². The zero-order valence-electron chi connectivity index (χ0n) is 10.4. The van der Waals surface area contributed by atoms with Crippen molar-refractivity contribution in [2.24, 2.45) is 0 Å². The molecule has 0 atom stereocenters. The average Bonchev–Trinajstić information content (AvgIpc) is 2.79. The van der Waals surface area contributed by atoms with Crippen molar-refractivity contribution >= 4 is 17.4 Å². The van der Waals surface area contributed by atoms with Crippen LogP contribution in [0.2, 0.25) is 0 Å². The Bertz CT molecular complexity index is 734. The Morgan fingerprint density at radius 1 is 1.21 bits per heavy atom. The molecule has 1 aromatic carbocycles. The van der Waals surface area contributed by atoms with Crippen LogP contribution in [0.1, 0.15) is 16.1 Å². The van der Waals surface area contributed by atoms with E-state index in [2.05, 4.69) is 15.3 Å². The largest absolute Gasteiger partial charge is 0.305 e. The van der Waals surface area contributed by atoms with Gasteiger partial charge in [0.2, 0.25) is 0 Å². The molecule has 1 amide bonds. The third-order valence-corrected chi connectivity index (χ3v) is 2.74. The maximum atomic E-state index is 12.0. The van der Waals surface area contributed by atoms with Crippen molar-refractivity contribution in [3.05, 3.63) is 60.2 Å². The number of carbonyl (C=O) groups is 1. The van der Waals surface area contributed by atoms with Gasteiger partial charge in [-0.05, 0) is 19.1 Å².